The smallest absolute Gasteiger partial charge is 0.329 e. The van der Waals surface area contributed by atoms with Gasteiger partial charge in [-0.2, -0.15) is 11.8 Å². The van der Waals surface area contributed by atoms with Gasteiger partial charge in [0.05, 0.1) is 0 Å². The zero-order valence-electron chi connectivity index (χ0n) is 11.2. The SMILES string of the molecule is CCC(C)(NC(=O)NC1CCC(SC)C1)C(=O)O. The molecule has 0 aromatic rings. The maximum atomic E-state index is 11.8. The van der Waals surface area contributed by atoms with Gasteiger partial charge in [-0.05, 0) is 38.9 Å². The van der Waals surface area contributed by atoms with Crippen molar-refractivity contribution in [3.63, 3.8) is 0 Å². The number of amides is 2. The molecule has 0 aromatic carbocycles. The quantitative estimate of drug-likeness (QED) is 0.714. The van der Waals surface area contributed by atoms with Gasteiger partial charge in [0.1, 0.15) is 5.54 Å². The molecule has 2 amide bonds. The van der Waals surface area contributed by atoms with Crippen molar-refractivity contribution in [2.24, 2.45) is 0 Å². The van der Waals surface area contributed by atoms with Crippen LogP contribution in [0.25, 0.3) is 0 Å². The first kappa shape index (κ1) is 15.1. The van der Waals surface area contributed by atoms with Crippen LogP contribution >= 0.6 is 11.8 Å². The third-order valence-electron chi connectivity index (χ3n) is 3.62. The summed E-state index contributed by atoms with van der Waals surface area (Å²) in [6, 6.07) is -0.217. The van der Waals surface area contributed by atoms with Gasteiger partial charge in [-0.25, -0.2) is 9.59 Å². The number of hydrogen-bond acceptors (Lipinski definition) is 3. The van der Waals surface area contributed by atoms with Gasteiger partial charge in [0.25, 0.3) is 0 Å². The molecule has 5 nitrogen and oxygen atoms in total. The minimum absolute atomic E-state index is 0.164. The van der Waals surface area contributed by atoms with E-state index in [9.17, 15) is 9.59 Å². The van der Waals surface area contributed by atoms with E-state index >= 15 is 0 Å². The molecule has 3 unspecified atom stereocenters. The average Bonchev–Trinajstić information content (AvgIpc) is 2.76. The van der Waals surface area contributed by atoms with Crippen LogP contribution in [0.4, 0.5) is 4.79 Å². The Balaban J connectivity index is 2.44. The molecule has 6 heteroatoms. The largest absolute Gasteiger partial charge is 0.480 e. The first-order valence-corrected chi connectivity index (χ1v) is 7.55. The van der Waals surface area contributed by atoms with E-state index in [1.165, 1.54) is 6.92 Å². The van der Waals surface area contributed by atoms with E-state index in [2.05, 4.69) is 16.9 Å². The van der Waals surface area contributed by atoms with Gasteiger partial charge in [0.15, 0.2) is 0 Å². The minimum Gasteiger partial charge on any atom is -0.480 e. The molecule has 1 saturated carbocycles. The molecule has 0 spiro atoms. The Hall–Kier alpha value is -0.910. The summed E-state index contributed by atoms with van der Waals surface area (Å²) in [5.74, 6) is -1.01. The highest BCUT2D eigenvalue weighted by Crippen LogP contribution is 2.28. The van der Waals surface area contributed by atoms with Crippen LogP contribution in [-0.4, -0.2) is 40.2 Å². The molecule has 0 aliphatic heterocycles. The molecule has 1 aliphatic rings. The number of thioether (sulfide) groups is 1. The van der Waals surface area contributed by atoms with E-state index in [4.69, 9.17) is 5.11 Å². The Kier molecular flexibility index (Phi) is 5.31. The Labute approximate surface area is 112 Å². The van der Waals surface area contributed by atoms with Crippen molar-refractivity contribution >= 4 is 23.8 Å². The van der Waals surface area contributed by atoms with Crippen molar-refractivity contribution in [1.29, 1.82) is 0 Å². The highest BCUT2D eigenvalue weighted by atomic mass is 32.2. The average molecular weight is 274 g/mol. The highest BCUT2D eigenvalue weighted by Gasteiger charge is 2.34. The summed E-state index contributed by atoms with van der Waals surface area (Å²) in [6.07, 6.45) is 5.47. The lowest BCUT2D eigenvalue weighted by atomic mass is 10.00. The zero-order chi connectivity index (χ0) is 13.8. The third kappa shape index (κ3) is 3.80. The van der Waals surface area contributed by atoms with E-state index in [1.54, 1.807) is 6.92 Å². The van der Waals surface area contributed by atoms with Gasteiger partial charge in [0.2, 0.25) is 0 Å². The van der Waals surface area contributed by atoms with Crippen molar-refractivity contribution in [2.45, 2.75) is 56.4 Å². The summed E-state index contributed by atoms with van der Waals surface area (Å²) < 4.78 is 0. The maximum Gasteiger partial charge on any atom is 0.329 e. The Bertz CT molecular complexity index is 324. The lowest BCUT2D eigenvalue weighted by Crippen LogP contribution is -2.56. The van der Waals surface area contributed by atoms with Crippen LogP contribution in [0.2, 0.25) is 0 Å². The lowest BCUT2D eigenvalue weighted by Gasteiger charge is -2.25. The first-order valence-electron chi connectivity index (χ1n) is 6.26. The van der Waals surface area contributed by atoms with E-state index < -0.39 is 11.5 Å². The topological polar surface area (TPSA) is 78.4 Å². The van der Waals surface area contributed by atoms with Gasteiger partial charge in [0, 0.05) is 11.3 Å². The third-order valence-corrected chi connectivity index (χ3v) is 4.72. The molecule has 3 atom stereocenters. The van der Waals surface area contributed by atoms with Crippen molar-refractivity contribution in [3.05, 3.63) is 0 Å². The van der Waals surface area contributed by atoms with Crippen molar-refractivity contribution in [3.8, 4) is 0 Å². The lowest BCUT2D eigenvalue weighted by molar-refractivity contribution is -0.143. The number of nitrogens with one attached hydrogen (secondary N) is 2. The molecule has 0 heterocycles. The van der Waals surface area contributed by atoms with Gasteiger partial charge in [-0.3, -0.25) is 0 Å². The van der Waals surface area contributed by atoms with E-state index in [-0.39, 0.29) is 12.1 Å². The van der Waals surface area contributed by atoms with Crippen LogP contribution in [0.3, 0.4) is 0 Å². The van der Waals surface area contributed by atoms with Crippen LogP contribution in [0.15, 0.2) is 0 Å². The number of urea groups is 1. The molecule has 1 aliphatic carbocycles. The van der Waals surface area contributed by atoms with Gasteiger partial charge < -0.3 is 15.7 Å². The fourth-order valence-corrected chi connectivity index (χ4v) is 2.85. The number of carboxylic acids is 1. The Morgan fingerprint density at radius 1 is 1.44 bits per heavy atom. The van der Waals surface area contributed by atoms with Crippen molar-refractivity contribution < 1.29 is 14.7 Å². The van der Waals surface area contributed by atoms with E-state index in [1.807, 2.05) is 11.8 Å². The minimum atomic E-state index is -1.19. The van der Waals surface area contributed by atoms with Crippen LogP contribution < -0.4 is 10.6 Å². The number of carboxylic acid groups (broad SMARTS) is 1. The summed E-state index contributed by atoms with van der Waals surface area (Å²) in [5, 5.41) is 15.1. The van der Waals surface area contributed by atoms with Crippen molar-refractivity contribution in [1.82, 2.24) is 10.6 Å². The van der Waals surface area contributed by atoms with Crippen LogP contribution in [-0.2, 0) is 4.79 Å². The monoisotopic (exact) mass is 274 g/mol. The fraction of sp³-hybridized carbons (Fsp3) is 0.833. The van der Waals surface area contributed by atoms with E-state index in [0.29, 0.717) is 11.7 Å². The normalized spacial score (nSPS) is 26.4. The summed E-state index contributed by atoms with van der Waals surface area (Å²) in [6.45, 7) is 3.27. The number of aliphatic carboxylic acids is 1. The molecule has 0 bridgehead atoms. The molecule has 3 N–H and O–H groups in total. The molecule has 18 heavy (non-hydrogen) atoms. The predicted octanol–water partition coefficient (Wildman–Crippen LogP) is 1.82. The van der Waals surface area contributed by atoms with Crippen LogP contribution in [0, 0.1) is 0 Å². The van der Waals surface area contributed by atoms with E-state index in [0.717, 1.165) is 19.3 Å². The summed E-state index contributed by atoms with van der Waals surface area (Å²) in [7, 11) is 0. The fourth-order valence-electron chi connectivity index (χ4n) is 2.05. The molecule has 0 saturated heterocycles. The summed E-state index contributed by atoms with van der Waals surface area (Å²) in [5.41, 5.74) is -1.19. The van der Waals surface area contributed by atoms with Crippen LogP contribution in [0.5, 0.6) is 0 Å². The predicted molar refractivity (Wildman–Crippen MR) is 72.9 cm³/mol. The number of carbonyl (C=O) groups excluding carboxylic acids is 1. The second-order valence-electron chi connectivity index (χ2n) is 4.96. The molecule has 104 valence electrons. The van der Waals surface area contributed by atoms with Gasteiger partial charge in [-0.15, -0.1) is 0 Å². The Morgan fingerprint density at radius 2 is 2.11 bits per heavy atom. The number of hydrogen-bond donors (Lipinski definition) is 3. The van der Waals surface area contributed by atoms with Gasteiger partial charge in [-0.1, -0.05) is 6.92 Å². The molecule has 0 radical (unpaired) electrons. The second kappa shape index (κ2) is 6.31. The maximum absolute atomic E-state index is 11.8. The molecule has 1 fully saturated rings. The highest BCUT2D eigenvalue weighted by molar-refractivity contribution is 7.99. The molecule has 0 aromatic heterocycles. The second-order valence-corrected chi connectivity index (χ2v) is 6.10. The Morgan fingerprint density at radius 3 is 2.56 bits per heavy atom. The first-order chi connectivity index (χ1) is 8.41. The summed E-state index contributed by atoms with van der Waals surface area (Å²) >= 11 is 1.82. The van der Waals surface area contributed by atoms with Gasteiger partial charge >= 0.3 is 12.0 Å². The summed E-state index contributed by atoms with van der Waals surface area (Å²) in [4.78, 5) is 22.9. The van der Waals surface area contributed by atoms with Crippen molar-refractivity contribution in [2.75, 3.05) is 6.26 Å². The number of rotatable bonds is 5. The number of carbonyl (C=O) groups is 2. The van der Waals surface area contributed by atoms with Crippen LogP contribution in [0.1, 0.15) is 39.5 Å². The molecular weight excluding hydrogens is 252 g/mol. The molecular formula is C12H22N2O3S. The molecule has 1 rings (SSSR count). The zero-order valence-corrected chi connectivity index (χ0v) is 12.0. The standard InChI is InChI=1S/C12H22N2O3S/c1-4-12(2,10(15)16)14-11(17)13-8-5-6-9(7-8)18-3/h8-9H,4-7H2,1-3H3,(H,15,16)(H2,13,14,17).